The smallest absolute Gasteiger partial charge is 0.266 e. The molecule has 0 fully saturated rings. The van der Waals surface area contributed by atoms with Crippen molar-refractivity contribution in [3.8, 4) is 12.3 Å². The fourth-order valence-electron chi connectivity index (χ4n) is 2.02. The highest BCUT2D eigenvalue weighted by Crippen LogP contribution is 2.20. The van der Waals surface area contributed by atoms with E-state index in [1.165, 1.54) is 16.8 Å². The molecule has 1 aromatic carbocycles. The minimum atomic E-state index is -2.85. The number of carbonyl (C=O) groups excluding carboxylic acids is 1. The lowest BCUT2D eigenvalue weighted by molar-refractivity contribution is 0.100. The van der Waals surface area contributed by atoms with Crippen LogP contribution in [-0.4, -0.2) is 39.3 Å². The lowest BCUT2D eigenvalue weighted by Crippen LogP contribution is -2.26. The highest BCUT2D eigenvalue weighted by atomic mass is 32.2. The maximum atomic E-state index is 12.5. The number of hydrogen-bond acceptors (Lipinski definition) is 3. The topological polar surface area (TPSA) is 62.6 Å². The van der Waals surface area contributed by atoms with Crippen LogP contribution < -0.4 is 0 Å². The Labute approximate surface area is 130 Å². The molecule has 0 saturated carbocycles. The Balaban J connectivity index is 2.49. The summed E-state index contributed by atoms with van der Waals surface area (Å²) in [5, 5.41) is 0.878. The second kappa shape index (κ2) is 6.26. The normalized spacial score (nSPS) is 13.6. The molecule has 0 saturated heterocycles. The number of carbonyl (C=O) groups is 1. The van der Waals surface area contributed by atoms with E-state index in [1.54, 1.807) is 7.05 Å². The Kier molecular flexibility index (Phi) is 4.59. The van der Waals surface area contributed by atoms with Gasteiger partial charge < -0.3 is 0 Å². The SMILES string of the molecule is C#CCN(C)S(C)(=O)=NC(=O)c1cnc2ccccc2c1C. The van der Waals surface area contributed by atoms with E-state index in [2.05, 4.69) is 15.3 Å². The van der Waals surface area contributed by atoms with Gasteiger partial charge in [-0.05, 0) is 18.6 Å². The first-order chi connectivity index (χ1) is 10.4. The molecule has 0 aliphatic carbocycles. The molecule has 1 aromatic heterocycles. The number of benzene rings is 1. The molecule has 1 atom stereocenters. The molecule has 0 bridgehead atoms. The Morgan fingerprint density at radius 3 is 2.82 bits per heavy atom. The number of pyridine rings is 1. The first-order valence-electron chi connectivity index (χ1n) is 6.62. The van der Waals surface area contributed by atoms with Gasteiger partial charge in [0.1, 0.15) is 9.92 Å². The third kappa shape index (κ3) is 3.16. The van der Waals surface area contributed by atoms with Gasteiger partial charge in [0.25, 0.3) is 5.91 Å². The Morgan fingerprint density at radius 1 is 1.45 bits per heavy atom. The Bertz CT molecular complexity index is 890. The minimum absolute atomic E-state index is 0.154. The van der Waals surface area contributed by atoms with Gasteiger partial charge in [-0.15, -0.1) is 10.8 Å². The number of aryl methyl sites for hydroxylation is 1. The van der Waals surface area contributed by atoms with E-state index < -0.39 is 15.8 Å². The van der Waals surface area contributed by atoms with Crippen LogP contribution in [0.4, 0.5) is 0 Å². The van der Waals surface area contributed by atoms with E-state index in [4.69, 9.17) is 6.42 Å². The molecule has 22 heavy (non-hydrogen) atoms. The monoisotopic (exact) mass is 315 g/mol. The summed E-state index contributed by atoms with van der Waals surface area (Å²) >= 11 is 0. The number of nitrogens with zero attached hydrogens (tertiary/aromatic N) is 3. The summed E-state index contributed by atoms with van der Waals surface area (Å²) in [7, 11) is -1.28. The summed E-state index contributed by atoms with van der Waals surface area (Å²) in [6, 6.07) is 7.53. The fourth-order valence-corrected chi connectivity index (χ4v) is 2.88. The van der Waals surface area contributed by atoms with Crippen LogP contribution in [0.1, 0.15) is 15.9 Å². The van der Waals surface area contributed by atoms with E-state index in [1.807, 2.05) is 31.2 Å². The number of para-hydroxylation sites is 1. The van der Waals surface area contributed by atoms with Crippen molar-refractivity contribution < 1.29 is 9.00 Å². The van der Waals surface area contributed by atoms with Crippen LogP contribution in [0.3, 0.4) is 0 Å². The van der Waals surface area contributed by atoms with Crippen molar-refractivity contribution in [3.63, 3.8) is 0 Å². The quantitative estimate of drug-likeness (QED) is 0.816. The molecule has 0 aliphatic rings. The standard InChI is InChI=1S/C16H17N3O2S/c1-5-10-19(3)22(4,21)18-16(20)14-11-17-15-9-7-6-8-13(15)12(14)2/h1,6-9,11H,10H2,2-4H3. The molecule has 0 radical (unpaired) electrons. The molecule has 2 rings (SSSR count). The van der Waals surface area contributed by atoms with Gasteiger partial charge in [-0.3, -0.25) is 9.78 Å². The largest absolute Gasteiger partial charge is 0.287 e. The number of rotatable bonds is 3. The zero-order valence-corrected chi connectivity index (χ0v) is 13.6. The van der Waals surface area contributed by atoms with E-state index in [0.717, 1.165) is 16.5 Å². The summed E-state index contributed by atoms with van der Waals surface area (Å²) in [6.45, 7) is 1.98. The summed E-state index contributed by atoms with van der Waals surface area (Å²) in [5.41, 5.74) is 1.93. The van der Waals surface area contributed by atoms with Crippen molar-refractivity contribution in [3.05, 3.63) is 41.6 Å². The number of hydrogen-bond donors (Lipinski definition) is 0. The van der Waals surface area contributed by atoms with E-state index in [9.17, 15) is 9.00 Å². The van der Waals surface area contributed by atoms with Gasteiger partial charge in [0.05, 0.1) is 17.6 Å². The summed E-state index contributed by atoms with van der Waals surface area (Å²) in [6.07, 6.45) is 8.07. The van der Waals surface area contributed by atoms with Crippen LogP contribution in [0.2, 0.25) is 0 Å². The Hall–Kier alpha value is -2.23. The van der Waals surface area contributed by atoms with Crippen molar-refractivity contribution in [1.29, 1.82) is 0 Å². The summed E-state index contributed by atoms with van der Waals surface area (Å²) in [5.74, 6) is 1.84. The summed E-state index contributed by atoms with van der Waals surface area (Å²) in [4.78, 5) is 16.6. The zero-order chi connectivity index (χ0) is 16.3. The van der Waals surface area contributed by atoms with Crippen LogP contribution in [0.25, 0.3) is 10.9 Å². The number of aromatic nitrogens is 1. The lowest BCUT2D eigenvalue weighted by atomic mass is 10.1. The zero-order valence-electron chi connectivity index (χ0n) is 12.7. The van der Waals surface area contributed by atoms with Crippen LogP contribution in [0.5, 0.6) is 0 Å². The lowest BCUT2D eigenvalue weighted by Gasteiger charge is -2.15. The highest BCUT2D eigenvalue weighted by Gasteiger charge is 2.16. The maximum absolute atomic E-state index is 12.5. The van der Waals surface area contributed by atoms with Gasteiger partial charge in [0.2, 0.25) is 0 Å². The molecular weight excluding hydrogens is 298 g/mol. The number of terminal acetylenes is 1. The second-order valence-corrected chi connectivity index (χ2v) is 7.29. The molecule has 2 aromatic rings. The fraction of sp³-hybridized carbons (Fsp3) is 0.250. The van der Waals surface area contributed by atoms with Crippen molar-refractivity contribution in [2.24, 2.45) is 4.36 Å². The molecule has 0 N–H and O–H groups in total. The molecule has 0 aliphatic heterocycles. The first-order valence-corrected chi connectivity index (χ1v) is 8.50. The van der Waals surface area contributed by atoms with Crippen LogP contribution in [0, 0.1) is 19.3 Å². The molecule has 1 amide bonds. The van der Waals surface area contributed by atoms with Gasteiger partial charge in [-0.1, -0.05) is 24.1 Å². The van der Waals surface area contributed by atoms with Gasteiger partial charge in [0, 0.05) is 24.9 Å². The van der Waals surface area contributed by atoms with Crippen molar-refractivity contribution in [1.82, 2.24) is 9.29 Å². The maximum Gasteiger partial charge on any atom is 0.287 e. The van der Waals surface area contributed by atoms with Crippen LogP contribution in [-0.2, 0) is 9.92 Å². The van der Waals surface area contributed by atoms with E-state index in [-0.39, 0.29) is 6.54 Å². The van der Waals surface area contributed by atoms with Crippen LogP contribution in [0.15, 0.2) is 34.8 Å². The molecule has 114 valence electrons. The molecule has 0 spiro atoms. The minimum Gasteiger partial charge on any atom is -0.266 e. The van der Waals surface area contributed by atoms with Crippen LogP contribution >= 0.6 is 0 Å². The number of amides is 1. The predicted molar refractivity (Wildman–Crippen MR) is 88.8 cm³/mol. The third-order valence-electron chi connectivity index (χ3n) is 3.42. The van der Waals surface area contributed by atoms with Gasteiger partial charge >= 0.3 is 0 Å². The average molecular weight is 315 g/mol. The molecule has 5 nitrogen and oxygen atoms in total. The third-order valence-corrected chi connectivity index (χ3v) is 5.21. The number of fused-ring (bicyclic) bond motifs is 1. The molecular formula is C16H17N3O2S. The Morgan fingerprint density at radius 2 is 2.14 bits per heavy atom. The molecule has 1 unspecified atom stereocenters. The van der Waals surface area contributed by atoms with Gasteiger partial charge in [0.15, 0.2) is 0 Å². The highest BCUT2D eigenvalue weighted by molar-refractivity contribution is 7.90. The molecule has 6 heteroatoms. The van der Waals surface area contributed by atoms with Crippen molar-refractivity contribution >= 4 is 26.7 Å². The van der Waals surface area contributed by atoms with Gasteiger partial charge in [-0.25, -0.2) is 8.51 Å². The predicted octanol–water partition coefficient (Wildman–Crippen LogP) is 2.26. The van der Waals surface area contributed by atoms with E-state index >= 15 is 0 Å². The van der Waals surface area contributed by atoms with Crippen molar-refractivity contribution in [2.45, 2.75) is 6.92 Å². The average Bonchev–Trinajstić information content (AvgIpc) is 2.47. The first kappa shape index (κ1) is 16.1. The molecule has 1 heterocycles. The second-order valence-electron chi connectivity index (χ2n) is 4.96. The van der Waals surface area contributed by atoms with Crippen molar-refractivity contribution in [2.75, 3.05) is 19.8 Å². The summed E-state index contributed by atoms with van der Waals surface area (Å²) < 4.78 is 17.7. The van der Waals surface area contributed by atoms with E-state index in [0.29, 0.717) is 5.56 Å². The van der Waals surface area contributed by atoms with Gasteiger partial charge in [-0.2, -0.15) is 0 Å².